The normalized spacial score (nSPS) is 9.29. The van der Waals surface area contributed by atoms with Crippen LogP contribution in [0.4, 0.5) is 5.69 Å². The van der Waals surface area contributed by atoms with Crippen LogP contribution >= 0.6 is 0 Å². The maximum absolute atomic E-state index is 5.61. The van der Waals surface area contributed by atoms with Gasteiger partial charge in [-0.15, -0.1) is 5.92 Å². The Morgan fingerprint density at radius 1 is 1.24 bits per heavy atom. The summed E-state index contributed by atoms with van der Waals surface area (Å²) in [5.41, 5.74) is 1.07. The molecule has 0 bridgehead atoms. The topological polar surface area (TPSA) is 21.3 Å². The Morgan fingerprint density at radius 2 is 2.06 bits per heavy atom. The first-order valence-corrected chi connectivity index (χ1v) is 6.23. The summed E-state index contributed by atoms with van der Waals surface area (Å²) >= 11 is 0. The molecule has 0 saturated carbocycles. The van der Waals surface area contributed by atoms with Gasteiger partial charge in [-0.2, -0.15) is 0 Å². The maximum Gasteiger partial charge on any atom is 0.121 e. The zero-order chi connectivity index (χ0) is 12.3. The van der Waals surface area contributed by atoms with E-state index in [1.165, 1.54) is 12.8 Å². The average molecular weight is 231 g/mol. The summed E-state index contributed by atoms with van der Waals surface area (Å²) in [6.45, 7) is 2.84. The van der Waals surface area contributed by atoms with E-state index in [1.54, 1.807) is 0 Å². The first-order chi connectivity index (χ1) is 8.36. The summed E-state index contributed by atoms with van der Waals surface area (Å²) in [6.07, 6.45) is 4.21. The average Bonchev–Trinajstić information content (AvgIpc) is 2.38. The molecule has 0 aliphatic rings. The second-order valence-corrected chi connectivity index (χ2v) is 3.83. The van der Waals surface area contributed by atoms with Crippen molar-refractivity contribution in [1.29, 1.82) is 0 Å². The minimum absolute atomic E-state index is 0.659. The molecule has 0 unspecified atom stereocenters. The van der Waals surface area contributed by atoms with E-state index < -0.39 is 0 Å². The lowest BCUT2D eigenvalue weighted by atomic mass is 10.2. The summed E-state index contributed by atoms with van der Waals surface area (Å²) in [6, 6.07) is 7.95. The molecule has 0 saturated heterocycles. The molecule has 1 rings (SSSR count). The van der Waals surface area contributed by atoms with Crippen LogP contribution in [0, 0.1) is 11.8 Å². The van der Waals surface area contributed by atoms with Gasteiger partial charge in [-0.1, -0.05) is 25.3 Å². The van der Waals surface area contributed by atoms with Gasteiger partial charge in [0, 0.05) is 31.6 Å². The van der Waals surface area contributed by atoms with E-state index in [2.05, 4.69) is 24.1 Å². The van der Waals surface area contributed by atoms with Gasteiger partial charge in [-0.25, -0.2) is 0 Å². The molecule has 2 nitrogen and oxygen atoms in total. The standard InChI is InChI=1S/C15H21NO/c1-3-4-5-6-7-8-12-17-15-11-9-10-14(13-15)16-2/h9-11,13,16H,3-5,8,12H2,1-2H3. The summed E-state index contributed by atoms with van der Waals surface area (Å²) in [7, 11) is 1.90. The molecule has 0 aliphatic carbocycles. The van der Waals surface area contributed by atoms with Crippen molar-refractivity contribution in [3.8, 4) is 17.6 Å². The van der Waals surface area contributed by atoms with E-state index in [1.807, 2.05) is 31.3 Å². The van der Waals surface area contributed by atoms with Gasteiger partial charge in [-0.05, 0) is 18.6 Å². The highest BCUT2D eigenvalue weighted by atomic mass is 16.5. The predicted octanol–water partition coefficient (Wildman–Crippen LogP) is 3.69. The van der Waals surface area contributed by atoms with E-state index in [0.29, 0.717) is 6.61 Å². The number of ether oxygens (including phenoxy) is 1. The van der Waals surface area contributed by atoms with Gasteiger partial charge in [0.1, 0.15) is 5.75 Å². The van der Waals surface area contributed by atoms with Crippen LogP contribution in [0.1, 0.15) is 32.6 Å². The van der Waals surface area contributed by atoms with Crippen LogP contribution in [0.2, 0.25) is 0 Å². The largest absolute Gasteiger partial charge is 0.493 e. The van der Waals surface area contributed by atoms with Crippen molar-refractivity contribution >= 4 is 5.69 Å². The van der Waals surface area contributed by atoms with E-state index in [0.717, 1.165) is 24.3 Å². The van der Waals surface area contributed by atoms with E-state index in [9.17, 15) is 0 Å². The van der Waals surface area contributed by atoms with Crippen molar-refractivity contribution in [2.45, 2.75) is 32.6 Å². The molecule has 92 valence electrons. The Labute approximate surface area is 104 Å². The molecule has 0 atom stereocenters. The molecule has 0 amide bonds. The van der Waals surface area contributed by atoms with Crippen molar-refractivity contribution in [1.82, 2.24) is 0 Å². The monoisotopic (exact) mass is 231 g/mol. The highest BCUT2D eigenvalue weighted by molar-refractivity contribution is 5.47. The molecule has 1 N–H and O–H groups in total. The summed E-state index contributed by atoms with van der Waals surface area (Å²) in [4.78, 5) is 0. The van der Waals surface area contributed by atoms with Crippen LogP contribution in [-0.4, -0.2) is 13.7 Å². The molecule has 0 spiro atoms. The summed E-state index contributed by atoms with van der Waals surface area (Å²) in [5, 5.41) is 3.08. The molecule has 0 aromatic heterocycles. The van der Waals surface area contributed by atoms with Crippen LogP contribution in [0.5, 0.6) is 5.75 Å². The molecule has 1 aromatic carbocycles. The number of hydrogen-bond donors (Lipinski definition) is 1. The maximum atomic E-state index is 5.61. The lowest BCUT2D eigenvalue weighted by molar-refractivity contribution is 0.327. The smallest absolute Gasteiger partial charge is 0.121 e. The molecule has 0 aliphatic heterocycles. The molecule has 0 radical (unpaired) electrons. The van der Waals surface area contributed by atoms with Crippen LogP contribution < -0.4 is 10.1 Å². The Balaban J connectivity index is 2.23. The number of benzene rings is 1. The van der Waals surface area contributed by atoms with Crippen molar-refractivity contribution in [2.75, 3.05) is 19.0 Å². The van der Waals surface area contributed by atoms with Gasteiger partial charge in [0.05, 0.1) is 6.61 Å². The highest BCUT2D eigenvalue weighted by Crippen LogP contribution is 2.16. The number of rotatable bonds is 6. The van der Waals surface area contributed by atoms with Gasteiger partial charge in [0.15, 0.2) is 0 Å². The van der Waals surface area contributed by atoms with E-state index in [4.69, 9.17) is 4.74 Å². The van der Waals surface area contributed by atoms with Crippen molar-refractivity contribution in [2.24, 2.45) is 0 Å². The van der Waals surface area contributed by atoms with Crippen LogP contribution in [0.15, 0.2) is 24.3 Å². The van der Waals surface area contributed by atoms with Gasteiger partial charge in [0.2, 0.25) is 0 Å². The SMILES string of the molecule is CCCCC#CCCOc1cccc(NC)c1. The third-order valence-electron chi connectivity index (χ3n) is 2.40. The zero-order valence-electron chi connectivity index (χ0n) is 10.8. The Bertz CT molecular complexity index is 376. The third kappa shape index (κ3) is 5.87. The lowest BCUT2D eigenvalue weighted by Crippen LogP contribution is -1.96. The fraction of sp³-hybridized carbons (Fsp3) is 0.467. The van der Waals surface area contributed by atoms with Crippen molar-refractivity contribution in [3.05, 3.63) is 24.3 Å². The van der Waals surface area contributed by atoms with Gasteiger partial charge < -0.3 is 10.1 Å². The van der Waals surface area contributed by atoms with Crippen LogP contribution in [0.3, 0.4) is 0 Å². The second kappa shape index (κ2) is 8.52. The Hall–Kier alpha value is -1.62. The van der Waals surface area contributed by atoms with Gasteiger partial charge in [0.25, 0.3) is 0 Å². The molecule has 0 heterocycles. The van der Waals surface area contributed by atoms with Crippen LogP contribution in [-0.2, 0) is 0 Å². The number of anilines is 1. The predicted molar refractivity (Wildman–Crippen MR) is 73.4 cm³/mol. The summed E-state index contributed by atoms with van der Waals surface area (Å²) in [5.74, 6) is 7.18. The van der Waals surface area contributed by atoms with E-state index in [-0.39, 0.29) is 0 Å². The quantitative estimate of drug-likeness (QED) is 0.595. The van der Waals surface area contributed by atoms with Gasteiger partial charge >= 0.3 is 0 Å². The fourth-order valence-corrected chi connectivity index (χ4v) is 1.40. The molecular weight excluding hydrogens is 210 g/mol. The minimum atomic E-state index is 0.659. The number of unbranched alkanes of at least 4 members (excludes halogenated alkanes) is 2. The second-order valence-electron chi connectivity index (χ2n) is 3.83. The molecular formula is C15H21NO. The summed E-state index contributed by atoms with van der Waals surface area (Å²) < 4.78 is 5.61. The van der Waals surface area contributed by atoms with Crippen molar-refractivity contribution < 1.29 is 4.74 Å². The number of nitrogens with one attached hydrogen (secondary N) is 1. The first-order valence-electron chi connectivity index (χ1n) is 6.23. The first kappa shape index (κ1) is 13.4. The lowest BCUT2D eigenvalue weighted by Gasteiger charge is -2.05. The zero-order valence-corrected chi connectivity index (χ0v) is 10.8. The van der Waals surface area contributed by atoms with E-state index >= 15 is 0 Å². The minimum Gasteiger partial charge on any atom is -0.493 e. The van der Waals surface area contributed by atoms with Gasteiger partial charge in [-0.3, -0.25) is 0 Å². The third-order valence-corrected chi connectivity index (χ3v) is 2.40. The number of hydrogen-bond acceptors (Lipinski definition) is 2. The fourth-order valence-electron chi connectivity index (χ4n) is 1.40. The molecule has 0 fully saturated rings. The molecule has 2 heteroatoms. The molecule has 1 aromatic rings. The van der Waals surface area contributed by atoms with Crippen molar-refractivity contribution in [3.63, 3.8) is 0 Å². The Morgan fingerprint density at radius 3 is 2.82 bits per heavy atom. The highest BCUT2D eigenvalue weighted by Gasteiger charge is 1.93. The van der Waals surface area contributed by atoms with Crippen LogP contribution in [0.25, 0.3) is 0 Å². The molecule has 17 heavy (non-hydrogen) atoms. The Kier molecular flexibility index (Phi) is 6.74.